The van der Waals surface area contributed by atoms with Gasteiger partial charge in [-0.1, -0.05) is 26.0 Å². The van der Waals surface area contributed by atoms with Crippen molar-refractivity contribution in [3.05, 3.63) is 54.1 Å². The molecule has 2 aromatic rings. The van der Waals surface area contributed by atoms with Gasteiger partial charge in [0.25, 0.3) is 5.91 Å². The molecule has 8 heteroatoms. The first-order valence-electron chi connectivity index (χ1n) is 12.2. The molecule has 2 N–H and O–H groups in total. The van der Waals surface area contributed by atoms with Gasteiger partial charge in [-0.3, -0.25) is 4.79 Å². The summed E-state index contributed by atoms with van der Waals surface area (Å²) < 4.78 is 27.8. The van der Waals surface area contributed by atoms with Crippen LogP contribution in [0.3, 0.4) is 0 Å². The van der Waals surface area contributed by atoms with Crippen LogP contribution < -0.4 is 10.6 Å². The van der Waals surface area contributed by atoms with Crippen LogP contribution in [0.15, 0.2) is 53.4 Å². The molecule has 0 saturated carbocycles. The number of benzene rings is 2. The summed E-state index contributed by atoms with van der Waals surface area (Å²) in [6, 6.07) is 14.3. The minimum atomic E-state index is -3.57. The summed E-state index contributed by atoms with van der Waals surface area (Å²) in [5.74, 6) is 0.417. The summed E-state index contributed by atoms with van der Waals surface area (Å²) in [6.07, 6.45) is 3.16. The van der Waals surface area contributed by atoms with Gasteiger partial charge in [-0.25, -0.2) is 8.42 Å². The van der Waals surface area contributed by atoms with E-state index in [1.54, 1.807) is 16.4 Å². The molecule has 4 rings (SSSR count). The quantitative estimate of drug-likeness (QED) is 0.645. The Morgan fingerprint density at radius 1 is 0.912 bits per heavy atom. The molecular formula is C26H36N4O3S. The molecular weight excluding hydrogens is 448 g/mol. The second kappa shape index (κ2) is 10.5. The third-order valence-electron chi connectivity index (χ3n) is 6.84. The van der Waals surface area contributed by atoms with Crippen LogP contribution in [0, 0.1) is 11.8 Å². The van der Waals surface area contributed by atoms with Crippen molar-refractivity contribution in [1.29, 1.82) is 0 Å². The lowest BCUT2D eigenvalue weighted by Crippen LogP contribution is -2.42. The Balaban J connectivity index is 1.44. The predicted octanol–water partition coefficient (Wildman–Crippen LogP) is 4.11. The van der Waals surface area contributed by atoms with Gasteiger partial charge in [0, 0.05) is 24.7 Å². The number of likely N-dealkylation sites (tertiary alicyclic amines) is 1. The lowest BCUT2D eigenvalue weighted by molar-refractivity contribution is 0.102. The number of nitrogens with one attached hydrogen (secondary N) is 2. The van der Waals surface area contributed by atoms with E-state index >= 15 is 0 Å². The molecule has 2 atom stereocenters. The summed E-state index contributed by atoms with van der Waals surface area (Å²) in [5, 5.41) is 6.56. The van der Waals surface area contributed by atoms with Crippen LogP contribution in [-0.4, -0.2) is 62.8 Å². The molecule has 0 aromatic heterocycles. The van der Waals surface area contributed by atoms with Crippen molar-refractivity contribution in [3.63, 3.8) is 0 Å². The van der Waals surface area contributed by atoms with Crippen LogP contribution in [0.5, 0.6) is 0 Å². The zero-order chi connectivity index (χ0) is 24.3. The number of amides is 1. The van der Waals surface area contributed by atoms with Gasteiger partial charge in [-0.2, -0.15) is 4.31 Å². The summed E-state index contributed by atoms with van der Waals surface area (Å²) in [4.78, 5) is 15.5. The van der Waals surface area contributed by atoms with E-state index in [0.717, 1.165) is 43.7 Å². The van der Waals surface area contributed by atoms with E-state index in [0.29, 0.717) is 36.5 Å². The van der Waals surface area contributed by atoms with Crippen LogP contribution in [0.4, 0.5) is 11.4 Å². The van der Waals surface area contributed by atoms with Crippen molar-refractivity contribution in [3.8, 4) is 0 Å². The number of rotatable bonds is 6. The van der Waals surface area contributed by atoms with Crippen LogP contribution in [0.25, 0.3) is 0 Å². The minimum absolute atomic E-state index is 0.231. The molecule has 7 nitrogen and oxygen atoms in total. The maximum atomic E-state index is 13.1. The molecule has 34 heavy (non-hydrogen) atoms. The maximum Gasteiger partial charge on any atom is 0.255 e. The average molecular weight is 485 g/mol. The monoisotopic (exact) mass is 484 g/mol. The first-order chi connectivity index (χ1) is 16.2. The molecule has 0 aliphatic carbocycles. The van der Waals surface area contributed by atoms with E-state index in [1.165, 1.54) is 12.1 Å². The van der Waals surface area contributed by atoms with E-state index in [4.69, 9.17) is 0 Å². The fourth-order valence-electron chi connectivity index (χ4n) is 5.01. The molecule has 184 valence electrons. The molecule has 0 bridgehead atoms. The standard InChI is InChI=1S/C26H36N4O3S/c1-19-16-20(2)18-30(17-19)34(32,33)23-10-8-21(9-11-23)26(31)28-25-7-5-4-6-24(25)27-22-12-14-29(3)15-13-22/h4-11,19-20,22,27H,12-18H2,1-3H3,(H,28,31). The number of nitrogens with zero attached hydrogens (tertiary/aromatic N) is 2. The smallest absolute Gasteiger partial charge is 0.255 e. The van der Waals surface area contributed by atoms with E-state index in [2.05, 4.69) is 36.4 Å². The Morgan fingerprint density at radius 2 is 1.50 bits per heavy atom. The molecule has 2 unspecified atom stereocenters. The number of carbonyl (C=O) groups excluding carboxylic acids is 1. The van der Waals surface area contributed by atoms with Crippen LogP contribution in [0.1, 0.15) is 43.5 Å². The molecule has 2 aromatic carbocycles. The first kappa shape index (κ1) is 24.7. The van der Waals surface area contributed by atoms with Crippen molar-refractivity contribution < 1.29 is 13.2 Å². The SMILES string of the molecule is CC1CC(C)CN(S(=O)(=O)c2ccc(C(=O)Nc3ccccc3NC3CCN(C)CC3)cc2)C1. The lowest BCUT2D eigenvalue weighted by Gasteiger charge is -2.34. The number of anilines is 2. The van der Waals surface area contributed by atoms with Gasteiger partial charge in [-0.05, 0) is 87.6 Å². The highest BCUT2D eigenvalue weighted by molar-refractivity contribution is 7.89. The molecule has 1 amide bonds. The number of para-hydroxylation sites is 2. The maximum absolute atomic E-state index is 13.1. The molecule has 2 aliphatic rings. The molecule has 2 saturated heterocycles. The molecule has 0 spiro atoms. The third kappa shape index (κ3) is 5.79. The average Bonchev–Trinajstić information content (AvgIpc) is 2.81. The van der Waals surface area contributed by atoms with E-state index in [-0.39, 0.29) is 10.8 Å². The topological polar surface area (TPSA) is 81.8 Å². The highest BCUT2D eigenvalue weighted by atomic mass is 32.2. The normalized spacial score (nSPS) is 22.9. The van der Waals surface area contributed by atoms with Gasteiger partial charge in [0.05, 0.1) is 16.3 Å². The van der Waals surface area contributed by atoms with Gasteiger partial charge in [0.15, 0.2) is 0 Å². The largest absolute Gasteiger partial charge is 0.381 e. The summed E-state index contributed by atoms with van der Waals surface area (Å²) in [7, 11) is -1.43. The zero-order valence-corrected chi connectivity index (χ0v) is 21.1. The number of carbonyl (C=O) groups is 1. The third-order valence-corrected chi connectivity index (χ3v) is 8.69. The minimum Gasteiger partial charge on any atom is -0.381 e. The Morgan fingerprint density at radius 3 is 2.12 bits per heavy atom. The van der Waals surface area contributed by atoms with Crippen molar-refractivity contribution in [2.45, 2.75) is 44.0 Å². The number of hydrogen-bond donors (Lipinski definition) is 2. The molecule has 2 fully saturated rings. The van der Waals surface area contributed by atoms with E-state index in [9.17, 15) is 13.2 Å². The van der Waals surface area contributed by atoms with Gasteiger partial charge < -0.3 is 15.5 Å². The number of piperidine rings is 2. The highest BCUT2D eigenvalue weighted by Gasteiger charge is 2.31. The van der Waals surface area contributed by atoms with Crippen LogP contribution in [0.2, 0.25) is 0 Å². The van der Waals surface area contributed by atoms with E-state index in [1.807, 2.05) is 24.3 Å². The summed E-state index contributed by atoms with van der Waals surface area (Å²) in [5.41, 5.74) is 2.05. The van der Waals surface area contributed by atoms with Crippen molar-refractivity contribution in [2.75, 3.05) is 43.9 Å². The van der Waals surface area contributed by atoms with Gasteiger partial charge in [0.2, 0.25) is 10.0 Å². The summed E-state index contributed by atoms with van der Waals surface area (Å²) in [6.45, 7) is 7.36. The fraction of sp³-hybridized carbons (Fsp3) is 0.500. The second-order valence-electron chi connectivity index (χ2n) is 10.0. The Labute approximate surface area is 203 Å². The lowest BCUT2D eigenvalue weighted by atomic mass is 9.94. The predicted molar refractivity (Wildman–Crippen MR) is 137 cm³/mol. The van der Waals surface area contributed by atoms with Crippen molar-refractivity contribution >= 4 is 27.3 Å². The zero-order valence-electron chi connectivity index (χ0n) is 20.3. The fourth-order valence-corrected chi connectivity index (χ4v) is 6.69. The van der Waals surface area contributed by atoms with Crippen molar-refractivity contribution in [1.82, 2.24) is 9.21 Å². The van der Waals surface area contributed by atoms with Crippen LogP contribution in [-0.2, 0) is 10.0 Å². The Kier molecular flexibility index (Phi) is 7.60. The van der Waals surface area contributed by atoms with E-state index < -0.39 is 10.0 Å². The second-order valence-corrected chi connectivity index (χ2v) is 12.0. The van der Waals surface area contributed by atoms with Crippen LogP contribution >= 0.6 is 0 Å². The van der Waals surface area contributed by atoms with Gasteiger partial charge in [0.1, 0.15) is 0 Å². The number of hydrogen-bond acceptors (Lipinski definition) is 5. The first-order valence-corrected chi connectivity index (χ1v) is 13.6. The Hall–Kier alpha value is -2.42. The van der Waals surface area contributed by atoms with Gasteiger partial charge in [-0.15, -0.1) is 0 Å². The van der Waals surface area contributed by atoms with Gasteiger partial charge >= 0.3 is 0 Å². The Bertz CT molecular complexity index is 1090. The molecule has 2 aliphatic heterocycles. The summed E-state index contributed by atoms with van der Waals surface area (Å²) >= 11 is 0. The molecule has 2 heterocycles. The molecule has 0 radical (unpaired) electrons. The van der Waals surface area contributed by atoms with Crippen molar-refractivity contribution in [2.24, 2.45) is 11.8 Å². The number of sulfonamides is 1. The highest BCUT2D eigenvalue weighted by Crippen LogP contribution is 2.28.